The van der Waals surface area contributed by atoms with Gasteiger partial charge in [-0.15, -0.1) is 10.2 Å². The third kappa shape index (κ3) is 4.41. The first-order valence-corrected chi connectivity index (χ1v) is 10.8. The Morgan fingerprint density at radius 1 is 1.14 bits per heavy atom. The molecular weight excluding hydrogens is 444 g/mol. The zero-order valence-corrected chi connectivity index (χ0v) is 17.5. The second-order valence-corrected chi connectivity index (χ2v) is 8.13. The minimum atomic E-state index is -0.220. The average molecular weight is 463 g/mol. The van der Waals surface area contributed by atoms with E-state index >= 15 is 0 Å². The Kier molecular flexibility index (Phi) is 6.01. The number of furan rings is 1. The molecule has 1 amide bonds. The second kappa shape index (κ2) is 8.83. The summed E-state index contributed by atoms with van der Waals surface area (Å²) in [5, 5.41) is 9.56. The van der Waals surface area contributed by atoms with Crippen LogP contribution in [-0.2, 0) is 11.3 Å². The van der Waals surface area contributed by atoms with E-state index in [0.29, 0.717) is 42.5 Å². The molecule has 0 radical (unpaired) electrons. The van der Waals surface area contributed by atoms with Crippen LogP contribution in [0.15, 0.2) is 56.7 Å². The van der Waals surface area contributed by atoms with Crippen molar-refractivity contribution in [1.82, 2.24) is 19.7 Å². The fourth-order valence-corrected chi connectivity index (χ4v) is 4.14. The molecule has 9 heteroatoms. The fraction of sp³-hybridized carbons (Fsp3) is 0.316. The zero-order valence-electron chi connectivity index (χ0n) is 15.1. The number of benzene rings is 1. The van der Waals surface area contributed by atoms with Crippen molar-refractivity contribution < 1.29 is 13.9 Å². The molecule has 0 bridgehead atoms. The fourth-order valence-electron chi connectivity index (χ4n) is 2.97. The molecule has 3 aromatic rings. The van der Waals surface area contributed by atoms with Gasteiger partial charge in [0.05, 0.1) is 13.1 Å². The summed E-state index contributed by atoms with van der Waals surface area (Å²) in [6.45, 7) is 2.50. The Morgan fingerprint density at radius 3 is 2.71 bits per heavy atom. The number of carbonyl (C=O) groups excluding carboxylic acids is 1. The molecule has 28 heavy (non-hydrogen) atoms. The van der Waals surface area contributed by atoms with Gasteiger partial charge in [-0.1, -0.05) is 42.1 Å². The van der Waals surface area contributed by atoms with Gasteiger partial charge in [-0.25, -0.2) is 4.79 Å². The Morgan fingerprint density at radius 2 is 2.00 bits per heavy atom. The van der Waals surface area contributed by atoms with Gasteiger partial charge in [-0.05, 0) is 40.0 Å². The minimum Gasteiger partial charge on any atom is -0.448 e. The van der Waals surface area contributed by atoms with Crippen LogP contribution < -0.4 is 0 Å². The highest BCUT2D eigenvalue weighted by Crippen LogP contribution is 2.28. The van der Waals surface area contributed by atoms with Gasteiger partial charge in [0.1, 0.15) is 6.61 Å². The molecule has 0 saturated carbocycles. The van der Waals surface area contributed by atoms with E-state index in [9.17, 15) is 4.79 Å². The number of carbonyl (C=O) groups is 1. The van der Waals surface area contributed by atoms with Gasteiger partial charge >= 0.3 is 6.09 Å². The van der Waals surface area contributed by atoms with E-state index in [1.807, 2.05) is 30.3 Å². The summed E-state index contributed by atoms with van der Waals surface area (Å²) in [6, 6.07) is 13.9. The molecule has 146 valence electrons. The Bertz CT molecular complexity index is 944. The number of aromatic nitrogens is 3. The molecule has 0 spiro atoms. The molecule has 4 rings (SSSR count). The topological polar surface area (TPSA) is 73.4 Å². The highest BCUT2D eigenvalue weighted by molar-refractivity contribution is 9.10. The minimum absolute atomic E-state index is 0.220. The quantitative estimate of drug-likeness (QED) is 0.367. The normalized spacial score (nSPS) is 13.9. The summed E-state index contributed by atoms with van der Waals surface area (Å²) in [7, 11) is 0. The van der Waals surface area contributed by atoms with Crippen LogP contribution in [0.5, 0.6) is 0 Å². The zero-order chi connectivity index (χ0) is 19.3. The lowest BCUT2D eigenvalue weighted by Gasteiger charge is -2.12. The number of cyclic esters (lactones) is 1. The Balaban J connectivity index is 1.48. The maximum atomic E-state index is 11.5. The van der Waals surface area contributed by atoms with Crippen LogP contribution in [-0.4, -0.2) is 51.2 Å². The van der Waals surface area contributed by atoms with Crippen molar-refractivity contribution in [2.45, 2.75) is 18.1 Å². The highest BCUT2D eigenvalue weighted by Gasteiger charge is 2.21. The van der Waals surface area contributed by atoms with Gasteiger partial charge in [0.2, 0.25) is 5.82 Å². The van der Waals surface area contributed by atoms with Gasteiger partial charge in [0.15, 0.2) is 15.6 Å². The van der Waals surface area contributed by atoms with E-state index in [-0.39, 0.29) is 6.09 Å². The number of ether oxygens (including phenoxy) is 1. The van der Waals surface area contributed by atoms with Crippen LogP contribution in [0, 0.1) is 0 Å². The van der Waals surface area contributed by atoms with Crippen LogP contribution >= 0.6 is 27.7 Å². The van der Waals surface area contributed by atoms with E-state index in [0.717, 1.165) is 22.9 Å². The van der Waals surface area contributed by atoms with Crippen molar-refractivity contribution in [3.05, 3.63) is 52.7 Å². The predicted molar refractivity (Wildman–Crippen MR) is 109 cm³/mol. The lowest BCUT2D eigenvalue weighted by atomic mass is 10.2. The van der Waals surface area contributed by atoms with Gasteiger partial charge in [-0.3, -0.25) is 4.57 Å². The summed E-state index contributed by atoms with van der Waals surface area (Å²) in [4.78, 5) is 13.3. The molecule has 2 aromatic heterocycles. The van der Waals surface area contributed by atoms with Crippen molar-refractivity contribution in [1.29, 1.82) is 0 Å². The predicted octanol–water partition coefficient (Wildman–Crippen LogP) is 4.28. The first-order valence-electron chi connectivity index (χ1n) is 8.98. The highest BCUT2D eigenvalue weighted by atomic mass is 79.9. The first-order chi connectivity index (χ1) is 13.7. The standard InChI is InChI=1S/C19H19BrN4O3S/c20-16-8-7-15(27-16)17-21-22-18(24(17)13-14-5-2-1-3-6-14)28-12-4-9-23-10-11-26-19(23)25/h1-3,5-8H,4,9-13H2. The maximum Gasteiger partial charge on any atom is 0.409 e. The van der Waals surface area contributed by atoms with Gasteiger partial charge < -0.3 is 14.1 Å². The molecule has 1 fully saturated rings. The maximum absolute atomic E-state index is 11.5. The summed E-state index contributed by atoms with van der Waals surface area (Å²) in [6.07, 6.45) is 0.641. The van der Waals surface area contributed by atoms with Gasteiger partial charge in [0.25, 0.3) is 0 Å². The summed E-state index contributed by atoms with van der Waals surface area (Å²) in [5.41, 5.74) is 1.16. The smallest absolute Gasteiger partial charge is 0.409 e. The first kappa shape index (κ1) is 19.1. The molecule has 1 aliphatic heterocycles. The van der Waals surface area contributed by atoms with Crippen LogP contribution in [0.1, 0.15) is 12.0 Å². The van der Waals surface area contributed by atoms with Gasteiger partial charge in [-0.2, -0.15) is 0 Å². The molecule has 1 aromatic carbocycles. The number of rotatable bonds is 8. The van der Waals surface area contributed by atoms with E-state index in [4.69, 9.17) is 9.15 Å². The number of amides is 1. The SMILES string of the molecule is O=C1OCCN1CCCSc1nnc(-c2ccc(Br)o2)n1Cc1ccccc1. The number of thioether (sulfide) groups is 1. The van der Waals surface area contributed by atoms with E-state index < -0.39 is 0 Å². The average Bonchev–Trinajstić information content (AvgIpc) is 3.41. The van der Waals surface area contributed by atoms with Crippen molar-refractivity contribution in [2.24, 2.45) is 0 Å². The van der Waals surface area contributed by atoms with Crippen LogP contribution in [0.2, 0.25) is 0 Å². The summed E-state index contributed by atoms with van der Waals surface area (Å²) in [5.74, 6) is 2.19. The number of nitrogens with zero attached hydrogens (tertiary/aromatic N) is 4. The number of halogens is 1. The lowest BCUT2D eigenvalue weighted by molar-refractivity contribution is 0.158. The lowest BCUT2D eigenvalue weighted by Crippen LogP contribution is -2.25. The third-order valence-electron chi connectivity index (χ3n) is 4.34. The number of hydrogen-bond acceptors (Lipinski definition) is 6. The van der Waals surface area contributed by atoms with Crippen LogP contribution in [0.3, 0.4) is 0 Å². The molecule has 7 nitrogen and oxygen atoms in total. The third-order valence-corrected chi connectivity index (χ3v) is 5.82. The number of hydrogen-bond donors (Lipinski definition) is 0. The second-order valence-electron chi connectivity index (χ2n) is 6.29. The van der Waals surface area contributed by atoms with E-state index in [1.54, 1.807) is 16.7 Å². The molecule has 0 N–H and O–H groups in total. The molecule has 1 saturated heterocycles. The molecule has 3 heterocycles. The van der Waals surface area contributed by atoms with Crippen molar-refractivity contribution >= 4 is 33.8 Å². The summed E-state index contributed by atoms with van der Waals surface area (Å²) < 4.78 is 13.4. The van der Waals surface area contributed by atoms with E-state index in [2.05, 4.69) is 42.8 Å². The molecule has 1 aliphatic rings. The van der Waals surface area contributed by atoms with E-state index in [1.165, 1.54) is 0 Å². The molecule has 0 aliphatic carbocycles. The Labute approximate surface area is 175 Å². The summed E-state index contributed by atoms with van der Waals surface area (Å²) >= 11 is 4.97. The molecule has 0 atom stereocenters. The van der Waals surface area contributed by atoms with Crippen LogP contribution in [0.25, 0.3) is 11.6 Å². The van der Waals surface area contributed by atoms with Crippen molar-refractivity contribution in [2.75, 3.05) is 25.4 Å². The largest absolute Gasteiger partial charge is 0.448 e. The Hall–Kier alpha value is -2.26. The van der Waals surface area contributed by atoms with Crippen LogP contribution in [0.4, 0.5) is 4.79 Å². The molecular formula is C19H19BrN4O3S. The van der Waals surface area contributed by atoms with Crippen molar-refractivity contribution in [3.63, 3.8) is 0 Å². The molecule has 0 unspecified atom stereocenters. The monoisotopic (exact) mass is 462 g/mol. The van der Waals surface area contributed by atoms with Gasteiger partial charge in [0, 0.05) is 12.3 Å². The van der Waals surface area contributed by atoms with Crippen molar-refractivity contribution in [3.8, 4) is 11.6 Å².